The van der Waals surface area contributed by atoms with Crippen molar-refractivity contribution in [3.8, 4) is 0 Å². The van der Waals surface area contributed by atoms with E-state index < -0.39 is 14.6 Å². The van der Waals surface area contributed by atoms with Gasteiger partial charge in [0.25, 0.3) is 0 Å². The van der Waals surface area contributed by atoms with Crippen LogP contribution in [0, 0.1) is 0 Å². The van der Waals surface area contributed by atoms with Crippen molar-refractivity contribution in [1.29, 1.82) is 0 Å². The number of nitrogens with zero attached hydrogens (tertiary/aromatic N) is 2. The standard InChI is InChI=1S/C18H29N3O3S.HI/c1-2-19-17(20-11-8-16-7-6-13-24-16)21-12-14-25(22,23)18(15-21)9-4-3-5-10-18;/h6-7,13H,2-5,8-12,14-15H2,1H3,(H,19,20);1H. The minimum absolute atomic E-state index is 0. The molecule has 0 bridgehead atoms. The molecule has 0 unspecified atom stereocenters. The van der Waals surface area contributed by atoms with Crippen LogP contribution in [0.4, 0.5) is 0 Å². The average Bonchev–Trinajstić information content (AvgIpc) is 3.11. The van der Waals surface area contributed by atoms with Crippen molar-refractivity contribution < 1.29 is 12.8 Å². The number of halogens is 1. The van der Waals surface area contributed by atoms with Gasteiger partial charge in [-0.2, -0.15) is 0 Å². The molecule has 1 saturated carbocycles. The smallest absolute Gasteiger partial charge is 0.194 e. The van der Waals surface area contributed by atoms with Crippen LogP contribution in [0.15, 0.2) is 27.8 Å². The second-order valence-electron chi connectivity index (χ2n) is 7.05. The maximum absolute atomic E-state index is 12.8. The van der Waals surface area contributed by atoms with Gasteiger partial charge in [-0.15, -0.1) is 24.0 Å². The van der Waals surface area contributed by atoms with Gasteiger partial charge in [-0.3, -0.25) is 4.99 Å². The summed E-state index contributed by atoms with van der Waals surface area (Å²) >= 11 is 0. The monoisotopic (exact) mass is 495 g/mol. The molecule has 1 spiro atoms. The van der Waals surface area contributed by atoms with Gasteiger partial charge in [0.2, 0.25) is 0 Å². The van der Waals surface area contributed by atoms with E-state index in [4.69, 9.17) is 9.41 Å². The summed E-state index contributed by atoms with van der Waals surface area (Å²) in [4.78, 5) is 6.87. The lowest BCUT2D eigenvalue weighted by atomic mass is 9.87. The number of aliphatic imine (C=N–C) groups is 1. The number of hydrogen-bond acceptors (Lipinski definition) is 4. The number of nitrogens with one attached hydrogen (secondary N) is 1. The van der Waals surface area contributed by atoms with Crippen molar-refractivity contribution in [2.24, 2.45) is 4.99 Å². The molecule has 8 heteroatoms. The van der Waals surface area contributed by atoms with E-state index in [-0.39, 0.29) is 29.7 Å². The van der Waals surface area contributed by atoms with E-state index in [2.05, 4.69) is 10.2 Å². The molecule has 0 aromatic carbocycles. The van der Waals surface area contributed by atoms with Crippen LogP contribution in [-0.2, 0) is 16.3 Å². The van der Waals surface area contributed by atoms with Crippen LogP contribution < -0.4 is 5.32 Å². The van der Waals surface area contributed by atoms with Crippen molar-refractivity contribution in [3.05, 3.63) is 24.2 Å². The molecule has 2 heterocycles. The van der Waals surface area contributed by atoms with Crippen molar-refractivity contribution in [1.82, 2.24) is 10.2 Å². The van der Waals surface area contributed by atoms with Gasteiger partial charge in [0.05, 0.1) is 16.8 Å². The van der Waals surface area contributed by atoms with Crippen molar-refractivity contribution >= 4 is 39.8 Å². The first-order valence-corrected chi connectivity index (χ1v) is 11.0. The average molecular weight is 495 g/mol. The zero-order chi connectivity index (χ0) is 17.8. The second kappa shape index (κ2) is 9.43. The van der Waals surface area contributed by atoms with E-state index in [0.29, 0.717) is 19.6 Å². The molecule has 1 saturated heterocycles. The van der Waals surface area contributed by atoms with Crippen molar-refractivity contribution in [2.75, 3.05) is 31.9 Å². The van der Waals surface area contributed by atoms with Gasteiger partial charge in [-0.25, -0.2) is 8.42 Å². The number of rotatable bonds is 4. The lowest BCUT2D eigenvalue weighted by Gasteiger charge is -2.45. The molecule has 1 N–H and O–H groups in total. The predicted molar refractivity (Wildman–Crippen MR) is 115 cm³/mol. The number of hydrogen-bond donors (Lipinski definition) is 1. The fourth-order valence-electron chi connectivity index (χ4n) is 3.97. The van der Waals surface area contributed by atoms with E-state index in [1.807, 2.05) is 19.1 Å². The topological polar surface area (TPSA) is 74.9 Å². The highest BCUT2D eigenvalue weighted by atomic mass is 127. The summed E-state index contributed by atoms with van der Waals surface area (Å²) in [6.45, 7) is 4.54. The molecule has 1 aromatic heterocycles. The molecule has 3 rings (SSSR count). The van der Waals surface area contributed by atoms with E-state index in [1.165, 1.54) is 0 Å². The first-order valence-electron chi connectivity index (χ1n) is 9.34. The summed E-state index contributed by atoms with van der Waals surface area (Å²) in [5.41, 5.74) is 0. The minimum atomic E-state index is -3.02. The fourth-order valence-corrected chi connectivity index (χ4v) is 6.13. The summed E-state index contributed by atoms with van der Waals surface area (Å²) < 4.78 is 30.3. The summed E-state index contributed by atoms with van der Waals surface area (Å²) in [5.74, 6) is 1.98. The molecule has 1 aliphatic heterocycles. The number of guanidine groups is 1. The van der Waals surface area contributed by atoms with E-state index in [1.54, 1.807) is 6.26 Å². The molecule has 0 radical (unpaired) electrons. The third-order valence-corrected chi connectivity index (χ3v) is 7.94. The quantitative estimate of drug-likeness (QED) is 0.395. The Hall–Kier alpha value is -0.770. The fraction of sp³-hybridized carbons (Fsp3) is 0.722. The van der Waals surface area contributed by atoms with Gasteiger partial charge in [0.15, 0.2) is 15.8 Å². The largest absolute Gasteiger partial charge is 0.469 e. The normalized spacial score (nSPS) is 22.0. The summed E-state index contributed by atoms with van der Waals surface area (Å²) in [6.07, 6.45) is 7.17. The highest BCUT2D eigenvalue weighted by Crippen LogP contribution is 2.38. The minimum Gasteiger partial charge on any atom is -0.469 e. The molecule has 6 nitrogen and oxygen atoms in total. The van der Waals surface area contributed by atoms with Crippen molar-refractivity contribution in [2.45, 2.75) is 50.2 Å². The predicted octanol–water partition coefficient (Wildman–Crippen LogP) is 2.84. The Bertz CT molecular complexity index is 683. The van der Waals surface area contributed by atoms with E-state index in [0.717, 1.165) is 56.8 Å². The Morgan fingerprint density at radius 1 is 1.35 bits per heavy atom. The van der Waals surface area contributed by atoms with Gasteiger partial charge < -0.3 is 14.6 Å². The number of furan rings is 1. The zero-order valence-electron chi connectivity index (χ0n) is 15.4. The van der Waals surface area contributed by atoms with Crippen LogP contribution in [0.5, 0.6) is 0 Å². The highest BCUT2D eigenvalue weighted by molar-refractivity contribution is 14.0. The summed E-state index contributed by atoms with van der Waals surface area (Å²) in [6, 6.07) is 3.83. The molecule has 2 aliphatic rings. The second-order valence-corrected chi connectivity index (χ2v) is 9.55. The zero-order valence-corrected chi connectivity index (χ0v) is 18.6. The first-order chi connectivity index (χ1) is 12.1. The number of sulfone groups is 1. The Balaban J connectivity index is 0.00000243. The Labute approximate surface area is 173 Å². The van der Waals surface area contributed by atoms with Gasteiger partial charge >= 0.3 is 0 Å². The Morgan fingerprint density at radius 2 is 2.12 bits per heavy atom. The Morgan fingerprint density at radius 3 is 2.77 bits per heavy atom. The molecule has 0 atom stereocenters. The molecule has 26 heavy (non-hydrogen) atoms. The van der Waals surface area contributed by atoms with Crippen molar-refractivity contribution in [3.63, 3.8) is 0 Å². The molecule has 1 aliphatic carbocycles. The first kappa shape index (κ1) is 21.5. The maximum atomic E-state index is 12.8. The molecular weight excluding hydrogens is 465 g/mol. The molecule has 148 valence electrons. The van der Waals surface area contributed by atoms with Crippen LogP contribution in [-0.4, -0.2) is 56.0 Å². The Kier molecular flexibility index (Phi) is 7.81. The molecule has 1 aromatic rings. The highest BCUT2D eigenvalue weighted by Gasteiger charge is 2.48. The van der Waals surface area contributed by atoms with Crippen LogP contribution in [0.25, 0.3) is 0 Å². The van der Waals surface area contributed by atoms with Crippen LogP contribution in [0.3, 0.4) is 0 Å². The van der Waals surface area contributed by atoms with Gasteiger partial charge in [0.1, 0.15) is 5.76 Å². The van der Waals surface area contributed by atoms with Crippen LogP contribution >= 0.6 is 24.0 Å². The summed E-state index contributed by atoms with van der Waals surface area (Å²) in [7, 11) is -3.02. The van der Waals surface area contributed by atoms with E-state index >= 15 is 0 Å². The molecule has 2 fully saturated rings. The lowest BCUT2D eigenvalue weighted by Crippen LogP contribution is -2.60. The third-order valence-electron chi connectivity index (χ3n) is 5.37. The van der Waals surface area contributed by atoms with E-state index in [9.17, 15) is 8.42 Å². The van der Waals surface area contributed by atoms with Crippen LogP contribution in [0.1, 0.15) is 44.8 Å². The molecular formula is C18H30IN3O3S. The molecule has 0 amide bonds. The third kappa shape index (κ3) is 4.74. The van der Waals surface area contributed by atoms with Crippen LogP contribution in [0.2, 0.25) is 0 Å². The van der Waals surface area contributed by atoms with Gasteiger partial charge in [-0.05, 0) is 31.9 Å². The maximum Gasteiger partial charge on any atom is 0.194 e. The van der Waals surface area contributed by atoms with Gasteiger partial charge in [0, 0.05) is 32.6 Å². The summed E-state index contributed by atoms with van der Waals surface area (Å²) in [5, 5.41) is 3.33. The SMILES string of the molecule is CCNC(=NCCc1ccco1)N1CCS(=O)(=O)C2(CCCCC2)C1.I. The van der Waals surface area contributed by atoms with Gasteiger partial charge in [-0.1, -0.05) is 19.3 Å². The lowest BCUT2D eigenvalue weighted by molar-refractivity contribution is 0.274.